The quantitative estimate of drug-likeness (QED) is 0.320. The van der Waals surface area contributed by atoms with E-state index in [1.807, 2.05) is 12.1 Å². The van der Waals surface area contributed by atoms with Crippen molar-refractivity contribution in [1.82, 2.24) is 0 Å². The van der Waals surface area contributed by atoms with E-state index in [-0.39, 0.29) is 18.1 Å². The Morgan fingerprint density at radius 3 is 2.04 bits per heavy atom. The lowest BCUT2D eigenvalue weighted by Gasteiger charge is -2.06. The molecule has 1 N–H and O–H groups in total. The maximum absolute atomic E-state index is 12.2. The molecule has 0 aliphatic heterocycles. The predicted molar refractivity (Wildman–Crippen MR) is 99.3 cm³/mol. The van der Waals surface area contributed by atoms with E-state index in [4.69, 9.17) is 9.84 Å². The first-order valence-electron chi connectivity index (χ1n) is 7.84. The van der Waals surface area contributed by atoms with Crippen molar-refractivity contribution in [3.8, 4) is 5.75 Å². The minimum Gasteiger partial charge on any atom is -0.482 e. The smallest absolute Gasteiger partial charge is 0.341 e. The van der Waals surface area contributed by atoms with Crippen LogP contribution in [-0.4, -0.2) is 35.1 Å². The number of carboxylic acid groups (broad SMARTS) is 1. The van der Waals surface area contributed by atoms with Crippen molar-refractivity contribution in [3.63, 3.8) is 0 Å². The molecule has 0 aliphatic carbocycles. The van der Waals surface area contributed by atoms with Crippen molar-refractivity contribution in [2.45, 2.75) is 23.6 Å². The van der Waals surface area contributed by atoms with Crippen molar-refractivity contribution in [3.05, 3.63) is 54.1 Å². The molecule has 0 unspecified atom stereocenters. The van der Waals surface area contributed by atoms with Gasteiger partial charge < -0.3 is 14.7 Å². The molecule has 0 fully saturated rings. The molecule has 2 aromatic carbocycles. The van der Waals surface area contributed by atoms with E-state index in [2.05, 4.69) is 9.99 Å². The van der Waals surface area contributed by atoms with Gasteiger partial charge in [0.15, 0.2) is 6.61 Å². The number of Topliss-reactive ketones (excluding diaryl/α,β-unsaturated/α-hetero) is 1. The number of hydrogen-bond donors (Lipinski definition) is 1. The summed E-state index contributed by atoms with van der Waals surface area (Å²) in [5.41, 5.74) is 0.521. The van der Waals surface area contributed by atoms with Crippen LogP contribution in [0.25, 0.3) is 0 Å². The molecular formula is C19H17NO6S. The number of ether oxygens (including phenoxy) is 1. The number of aliphatic carboxylic acids is 1. The highest BCUT2D eigenvalue weighted by molar-refractivity contribution is 7.99. The SMILES string of the molecule is CC(=O)ON=C(C)C(=O)c1ccc(Sc2ccc(OCC(=O)O)cc2)cc1. The lowest BCUT2D eigenvalue weighted by Crippen LogP contribution is -2.11. The van der Waals surface area contributed by atoms with Gasteiger partial charge in [0.05, 0.1) is 0 Å². The molecule has 140 valence electrons. The lowest BCUT2D eigenvalue weighted by atomic mass is 10.1. The molecule has 0 heterocycles. The summed E-state index contributed by atoms with van der Waals surface area (Å²) >= 11 is 1.48. The minimum atomic E-state index is -1.03. The van der Waals surface area contributed by atoms with Crippen LogP contribution in [0.1, 0.15) is 24.2 Å². The molecule has 0 saturated heterocycles. The topological polar surface area (TPSA) is 102 Å². The van der Waals surface area contributed by atoms with Crippen LogP contribution < -0.4 is 4.74 Å². The molecule has 8 heteroatoms. The van der Waals surface area contributed by atoms with Crippen LogP contribution in [0.4, 0.5) is 0 Å². The largest absolute Gasteiger partial charge is 0.482 e. The van der Waals surface area contributed by atoms with Gasteiger partial charge in [-0.3, -0.25) is 4.79 Å². The number of oxime groups is 1. The average Bonchev–Trinajstić information content (AvgIpc) is 2.65. The van der Waals surface area contributed by atoms with Gasteiger partial charge >= 0.3 is 11.9 Å². The van der Waals surface area contributed by atoms with Crippen LogP contribution in [0.2, 0.25) is 0 Å². The zero-order valence-corrected chi connectivity index (χ0v) is 15.5. The van der Waals surface area contributed by atoms with Crippen LogP contribution in [0.15, 0.2) is 63.5 Å². The van der Waals surface area contributed by atoms with Crippen LogP contribution in [0.5, 0.6) is 5.75 Å². The molecule has 7 nitrogen and oxygen atoms in total. The molecule has 0 radical (unpaired) electrons. The van der Waals surface area contributed by atoms with Crippen molar-refractivity contribution in [2.24, 2.45) is 5.16 Å². The van der Waals surface area contributed by atoms with Gasteiger partial charge in [-0.05, 0) is 55.5 Å². The molecule has 0 bridgehead atoms. The summed E-state index contributed by atoms with van der Waals surface area (Å²) < 4.78 is 5.08. The fourth-order valence-corrected chi connectivity index (χ4v) is 2.76. The van der Waals surface area contributed by atoms with E-state index in [9.17, 15) is 14.4 Å². The third-order valence-electron chi connectivity index (χ3n) is 3.18. The number of carbonyl (C=O) groups is 3. The van der Waals surface area contributed by atoms with E-state index >= 15 is 0 Å². The number of rotatable bonds is 8. The number of hydrogen-bond acceptors (Lipinski definition) is 7. The predicted octanol–water partition coefficient (Wildman–Crippen LogP) is 3.42. The summed E-state index contributed by atoms with van der Waals surface area (Å²) in [5.74, 6) is -1.47. The third kappa shape index (κ3) is 6.59. The van der Waals surface area contributed by atoms with E-state index in [0.717, 1.165) is 9.79 Å². The Morgan fingerprint density at radius 1 is 0.963 bits per heavy atom. The van der Waals surface area contributed by atoms with E-state index in [0.29, 0.717) is 11.3 Å². The van der Waals surface area contributed by atoms with E-state index < -0.39 is 11.9 Å². The number of carboxylic acids is 1. The number of ketones is 1. The first kappa shape index (κ1) is 20.2. The summed E-state index contributed by atoms with van der Waals surface area (Å²) in [6.07, 6.45) is 0. The highest BCUT2D eigenvalue weighted by Crippen LogP contribution is 2.29. The first-order chi connectivity index (χ1) is 12.8. The van der Waals surface area contributed by atoms with Gasteiger partial charge in [0.25, 0.3) is 0 Å². The molecule has 0 aromatic heterocycles. The molecule has 0 atom stereocenters. The molecule has 0 saturated carbocycles. The average molecular weight is 387 g/mol. The third-order valence-corrected chi connectivity index (χ3v) is 4.19. The first-order valence-corrected chi connectivity index (χ1v) is 8.66. The molecular weight excluding hydrogens is 370 g/mol. The van der Waals surface area contributed by atoms with Gasteiger partial charge in [0.2, 0.25) is 5.78 Å². The second kappa shape index (κ2) is 9.54. The highest BCUT2D eigenvalue weighted by atomic mass is 32.2. The van der Waals surface area contributed by atoms with Gasteiger partial charge in [-0.25, -0.2) is 9.59 Å². The number of carbonyl (C=O) groups excluding carboxylic acids is 2. The van der Waals surface area contributed by atoms with E-state index in [1.54, 1.807) is 36.4 Å². The van der Waals surface area contributed by atoms with Gasteiger partial charge in [0.1, 0.15) is 11.5 Å². The standard InChI is InChI=1S/C19H17NO6S/c1-12(20-26-13(2)21)19(24)14-3-7-16(8-4-14)27-17-9-5-15(6-10-17)25-11-18(22)23/h3-10H,11H2,1-2H3,(H,22,23). The summed E-state index contributed by atoms with van der Waals surface area (Å²) in [7, 11) is 0. The highest BCUT2D eigenvalue weighted by Gasteiger charge is 2.11. The molecule has 0 aliphatic rings. The van der Waals surface area contributed by atoms with Crippen molar-refractivity contribution in [1.29, 1.82) is 0 Å². The molecule has 2 rings (SSSR count). The zero-order valence-electron chi connectivity index (χ0n) is 14.7. The van der Waals surface area contributed by atoms with Gasteiger partial charge in [-0.15, -0.1) is 0 Å². The van der Waals surface area contributed by atoms with Crippen molar-refractivity contribution < 1.29 is 29.1 Å². The Balaban J connectivity index is 1.99. The Hall–Kier alpha value is -3.13. The second-order valence-corrected chi connectivity index (χ2v) is 6.52. The Kier molecular flexibility index (Phi) is 7.13. The molecule has 27 heavy (non-hydrogen) atoms. The van der Waals surface area contributed by atoms with Gasteiger partial charge in [-0.1, -0.05) is 16.9 Å². The maximum Gasteiger partial charge on any atom is 0.341 e. The van der Waals surface area contributed by atoms with Crippen LogP contribution >= 0.6 is 11.8 Å². The summed E-state index contributed by atoms with van der Waals surface area (Å²) in [6.45, 7) is 2.29. The van der Waals surface area contributed by atoms with Gasteiger partial charge in [0, 0.05) is 22.3 Å². The number of benzene rings is 2. The zero-order chi connectivity index (χ0) is 19.8. The summed E-state index contributed by atoms with van der Waals surface area (Å²) in [6, 6.07) is 13.9. The Labute approximate surface area is 160 Å². The van der Waals surface area contributed by atoms with Crippen LogP contribution in [-0.2, 0) is 14.4 Å². The van der Waals surface area contributed by atoms with Gasteiger partial charge in [-0.2, -0.15) is 0 Å². The summed E-state index contributed by atoms with van der Waals surface area (Å²) in [5, 5.41) is 12.1. The van der Waals surface area contributed by atoms with Crippen molar-refractivity contribution in [2.75, 3.05) is 6.61 Å². The minimum absolute atomic E-state index is 0.0857. The van der Waals surface area contributed by atoms with E-state index in [1.165, 1.54) is 25.6 Å². The Morgan fingerprint density at radius 2 is 1.52 bits per heavy atom. The monoisotopic (exact) mass is 387 g/mol. The Bertz CT molecular complexity index is 859. The van der Waals surface area contributed by atoms with Crippen molar-refractivity contribution >= 4 is 35.2 Å². The maximum atomic E-state index is 12.2. The summed E-state index contributed by atoms with van der Waals surface area (Å²) in [4.78, 5) is 39.7. The van der Waals surface area contributed by atoms with Crippen LogP contribution in [0.3, 0.4) is 0 Å². The normalized spacial score (nSPS) is 11.0. The second-order valence-electron chi connectivity index (χ2n) is 5.37. The molecule has 0 amide bonds. The fourth-order valence-electron chi connectivity index (χ4n) is 1.94. The lowest BCUT2D eigenvalue weighted by molar-refractivity contribution is -0.141. The molecule has 2 aromatic rings. The number of nitrogens with zero attached hydrogens (tertiary/aromatic N) is 1. The fraction of sp³-hybridized carbons (Fsp3) is 0.158. The van der Waals surface area contributed by atoms with Crippen LogP contribution in [0, 0.1) is 0 Å². The molecule has 0 spiro atoms.